The summed E-state index contributed by atoms with van der Waals surface area (Å²) in [6, 6.07) is 0.874. The number of aliphatic hydroxyl groups is 2. The largest absolute Gasteiger partial charge is 0.394 e. The Morgan fingerprint density at radius 2 is 2.17 bits per heavy atom. The highest BCUT2D eigenvalue weighted by molar-refractivity contribution is 4.97. The van der Waals surface area contributed by atoms with Gasteiger partial charge in [0.25, 0.3) is 5.56 Å². The zero-order valence-electron chi connectivity index (χ0n) is 8.92. The number of H-pyrrole nitrogens is 1. The van der Waals surface area contributed by atoms with Gasteiger partial charge in [-0.05, 0) is 0 Å². The average molecular weight is 264 g/mol. The quantitative estimate of drug-likeness (QED) is 0.598. The molecule has 0 spiro atoms. The van der Waals surface area contributed by atoms with E-state index in [2.05, 4.69) is 0 Å². The van der Waals surface area contributed by atoms with Gasteiger partial charge in [-0.3, -0.25) is 14.3 Å². The van der Waals surface area contributed by atoms with Gasteiger partial charge in [-0.1, -0.05) is 0 Å². The van der Waals surface area contributed by atoms with Crippen molar-refractivity contribution in [2.24, 2.45) is 0 Å². The predicted molar refractivity (Wildman–Crippen MR) is 53.3 cm³/mol. The van der Waals surface area contributed by atoms with E-state index < -0.39 is 42.2 Å². The second-order valence-electron chi connectivity index (χ2n) is 3.85. The average Bonchev–Trinajstić information content (AvgIpc) is 2.52. The molecule has 3 N–H and O–H groups in total. The molecule has 100 valence electrons. The lowest BCUT2D eigenvalue weighted by molar-refractivity contribution is -0.141. The predicted octanol–water partition coefficient (Wildman–Crippen LogP) is -1.58. The van der Waals surface area contributed by atoms with Crippen molar-refractivity contribution in [2.75, 3.05) is 6.61 Å². The van der Waals surface area contributed by atoms with Crippen LogP contribution in [-0.4, -0.2) is 44.5 Å². The molecule has 2 heterocycles. The van der Waals surface area contributed by atoms with Gasteiger partial charge in [-0.15, -0.1) is 0 Å². The van der Waals surface area contributed by atoms with E-state index in [0.717, 1.165) is 12.3 Å². The lowest BCUT2D eigenvalue weighted by Gasteiger charge is -2.20. The van der Waals surface area contributed by atoms with Crippen LogP contribution >= 0.6 is 0 Å². The third-order valence-corrected chi connectivity index (χ3v) is 2.66. The number of rotatable bonds is 2. The molecule has 0 aliphatic carbocycles. The number of halogens is 2. The molecule has 1 aromatic heterocycles. The van der Waals surface area contributed by atoms with Gasteiger partial charge >= 0.3 is 11.6 Å². The standard InChI is InChI=1S/C9H10F2N2O5/c10-9(11)6(16)4(3-14)18-7(9)13-2-1-5(15)12-8(13)17/h1-2,4,6-7,14,16H,3H2,(H,12,15,17)/t4?,6?,7-/m1/s1. The van der Waals surface area contributed by atoms with Gasteiger partial charge in [0.05, 0.1) is 6.61 Å². The second kappa shape index (κ2) is 4.26. The Morgan fingerprint density at radius 3 is 2.67 bits per heavy atom. The second-order valence-corrected chi connectivity index (χ2v) is 3.85. The fourth-order valence-corrected chi connectivity index (χ4v) is 1.73. The summed E-state index contributed by atoms with van der Waals surface area (Å²) in [4.78, 5) is 24.0. The first-order valence-electron chi connectivity index (χ1n) is 5.01. The summed E-state index contributed by atoms with van der Waals surface area (Å²) in [6.45, 7) is -0.814. The summed E-state index contributed by atoms with van der Waals surface area (Å²) in [7, 11) is 0. The van der Waals surface area contributed by atoms with Crippen LogP contribution in [0.2, 0.25) is 0 Å². The number of hydrogen-bond acceptors (Lipinski definition) is 5. The maximum Gasteiger partial charge on any atom is 0.330 e. The van der Waals surface area contributed by atoms with E-state index in [1.165, 1.54) is 0 Å². The molecular formula is C9H10F2N2O5. The normalized spacial score (nSPS) is 30.6. The van der Waals surface area contributed by atoms with Gasteiger partial charge in [-0.25, -0.2) is 4.79 Å². The summed E-state index contributed by atoms with van der Waals surface area (Å²) >= 11 is 0. The van der Waals surface area contributed by atoms with E-state index in [-0.39, 0.29) is 0 Å². The fraction of sp³-hybridized carbons (Fsp3) is 0.556. The Balaban J connectivity index is 2.45. The zero-order chi connectivity index (χ0) is 13.5. The molecule has 3 atom stereocenters. The monoisotopic (exact) mass is 264 g/mol. The van der Waals surface area contributed by atoms with E-state index in [1.807, 2.05) is 0 Å². The first-order valence-corrected chi connectivity index (χ1v) is 5.01. The number of nitrogens with one attached hydrogen (secondary N) is 1. The summed E-state index contributed by atoms with van der Waals surface area (Å²) in [6.07, 6.45) is -4.96. The van der Waals surface area contributed by atoms with E-state index in [0.29, 0.717) is 4.57 Å². The first-order chi connectivity index (χ1) is 8.37. The Labute approximate surface area is 98.3 Å². The molecular weight excluding hydrogens is 254 g/mol. The van der Waals surface area contributed by atoms with Crippen molar-refractivity contribution in [3.63, 3.8) is 0 Å². The Hall–Kier alpha value is -1.58. The molecule has 0 saturated carbocycles. The molecule has 1 aliphatic heterocycles. The van der Waals surface area contributed by atoms with Gasteiger partial charge in [0.2, 0.25) is 6.23 Å². The topological polar surface area (TPSA) is 105 Å². The maximum atomic E-state index is 13.7. The van der Waals surface area contributed by atoms with Gasteiger partial charge in [-0.2, -0.15) is 8.78 Å². The summed E-state index contributed by atoms with van der Waals surface area (Å²) in [5, 5.41) is 18.1. The van der Waals surface area contributed by atoms with Crippen molar-refractivity contribution in [3.8, 4) is 0 Å². The van der Waals surface area contributed by atoms with E-state index >= 15 is 0 Å². The van der Waals surface area contributed by atoms with Crippen LogP contribution in [0.5, 0.6) is 0 Å². The number of aliphatic hydroxyl groups excluding tert-OH is 2. The lowest BCUT2D eigenvalue weighted by Crippen LogP contribution is -2.42. The molecule has 0 bridgehead atoms. The van der Waals surface area contributed by atoms with Crippen LogP contribution in [0, 0.1) is 0 Å². The summed E-state index contributed by atoms with van der Waals surface area (Å²) in [5.41, 5.74) is -1.82. The minimum Gasteiger partial charge on any atom is -0.394 e. The molecule has 2 unspecified atom stereocenters. The smallest absolute Gasteiger partial charge is 0.330 e. The minimum atomic E-state index is -3.75. The lowest BCUT2D eigenvalue weighted by atomic mass is 10.1. The molecule has 1 aromatic rings. The van der Waals surface area contributed by atoms with Crippen molar-refractivity contribution in [1.82, 2.24) is 9.55 Å². The van der Waals surface area contributed by atoms with Crippen LogP contribution in [0.4, 0.5) is 8.78 Å². The van der Waals surface area contributed by atoms with Crippen LogP contribution in [0.3, 0.4) is 0 Å². The molecule has 2 rings (SSSR count). The van der Waals surface area contributed by atoms with Crippen LogP contribution in [0.25, 0.3) is 0 Å². The first kappa shape index (κ1) is 12.9. The Kier molecular flexibility index (Phi) is 3.05. The van der Waals surface area contributed by atoms with Crippen molar-refractivity contribution in [1.29, 1.82) is 0 Å². The number of aromatic amines is 1. The molecule has 1 fully saturated rings. The Bertz CT molecular complexity index is 554. The molecule has 9 heteroatoms. The van der Waals surface area contributed by atoms with Gasteiger partial charge in [0.15, 0.2) is 6.10 Å². The number of hydrogen-bond donors (Lipinski definition) is 3. The third kappa shape index (κ3) is 1.85. The number of nitrogens with zero attached hydrogens (tertiary/aromatic N) is 1. The molecule has 0 amide bonds. The molecule has 7 nitrogen and oxygen atoms in total. The molecule has 0 radical (unpaired) electrons. The van der Waals surface area contributed by atoms with Gasteiger partial charge in [0, 0.05) is 12.3 Å². The number of ether oxygens (including phenoxy) is 1. The van der Waals surface area contributed by atoms with E-state index in [4.69, 9.17) is 9.84 Å². The highest BCUT2D eigenvalue weighted by Crippen LogP contribution is 2.41. The van der Waals surface area contributed by atoms with E-state index in [9.17, 15) is 23.5 Å². The molecule has 1 saturated heterocycles. The SMILES string of the molecule is O=c1ccn([C@@H]2OC(CO)C(O)C2(F)F)c(=O)[nH]1. The van der Waals surface area contributed by atoms with Crippen molar-refractivity contribution >= 4 is 0 Å². The van der Waals surface area contributed by atoms with Gasteiger partial charge < -0.3 is 14.9 Å². The number of aromatic nitrogens is 2. The molecule has 1 aliphatic rings. The minimum absolute atomic E-state index is 0.459. The van der Waals surface area contributed by atoms with Crippen LogP contribution < -0.4 is 11.2 Å². The fourth-order valence-electron chi connectivity index (χ4n) is 1.73. The molecule has 0 aromatic carbocycles. The summed E-state index contributed by atoms with van der Waals surface area (Å²) < 4.78 is 32.5. The maximum absolute atomic E-state index is 13.7. The van der Waals surface area contributed by atoms with E-state index in [1.54, 1.807) is 4.98 Å². The van der Waals surface area contributed by atoms with Gasteiger partial charge in [0.1, 0.15) is 6.10 Å². The highest BCUT2D eigenvalue weighted by atomic mass is 19.3. The van der Waals surface area contributed by atoms with Crippen LogP contribution in [0.1, 0.15) is 6.23 Å². The number of alkyl halides is 2. The Morgan fingerprint density at radius 1 is 1.50 bits per heavy atom. The van der Waals surface area contributed by atoms with Crippen molar-refractivity contribution < 1.29 is 23.7 Å². The highest BCUT2D eigenvalue weighted by Gasteiger charge is 2.59. The zero-order valence-corrected chi connectivity index (χ0v) is 8.92. The third-order valence-electron chi connectivity index (χ3n) is 2.66. The van der Waals surface area contributed by atoms with Crippen LogP contribution in [-0.2, 0) is 4.74 Å². The molecule has 18 heavy (non-hydrogen) atoms. The van der Waals surface area contributed by atoms with Crippen molar-refractivity contribution in [2.45, 2.75) is 24.4 Å². The van der Waals surface area contributed by atoms with Crippen molar-refractivity contribution in [3.05, 3.63) is 33.1 Å². The summed E-state index contributed by atoms with van der Waals surface area (Å²) in [5.74, 6) is -3.75. The van der Waals surface area contributed by atoms with Crippen LogP contribution in [0.15, 0.2) is 21.9 Å².